The predicted octanol–water partition coefficient (Wildman–Crippen LogP) is 3.40. The molecule has 0 aliphatic carbocycles. The first-order chi connectivity index (χ1) is 12.5. The van der Waals surface area contributed by atoms with Crippen molar-refractivity contribution in [3.8, 4) is 0 Å². The maximum Gasteiger partial charge on any atom is 0.340 e. The molecule has 3 rings (SSSR count). The number of hydrogen-bond donors (Lipinski definition) is 1. The monoisotopic (exact) mass is 369 g/mol. The van der Waals surface area contributed by atoms with Crippen molar-refractivity contribution in [1.82, 2.24) is 4.98 Å². The van der Waals surface area contributed by atoms with Gasteiger partial charge in [-0.25, -0.2) is 9.78 Å². The molecule has 0 saturated heterocycles. The number of nitrogens with two attached hydrogens (primary N) is 1. The molecule has 1 amide bonds. The maximum absolute atomic E-state index is 12.5. The van der Waals surface area contributed by atoms with E-state index in [-0.39, 0.29) is 18.1 Å². The Kier molecular flexibility index (Phi) is 5.18. The van der Waals surface area contributed by atoms with Crippen LogP contribution in [0, 0.1) is 6.92 Å². The summed E-state index contributed by atoms with van der Waals surface area (Å²) in [4.78, 5) is 30.7. The highest BCUT2D eigenvalue weighted by Gasteiger charge is 2.21. The third-order valence-electron chi connectivity index (χ3n) is 4.00. The summed E-state index contributed by atoms with van der Waals surface area (Å²) in [6, 6.07) is 12.8. The quantitative estimate of drug-likeness (QED) is 0.550. The van der Waals surface area contributed by atoms with E-state index >= 15 is 0 Å². The van der Waals surface area contributed by atoms with E-state index in [0.717, 1.165) is 15.8 Å². The molecule has 26 heavy (non-hydrogen) atoms. The number of amides is 1. The fourth-order valence-electron chi connectivity index (χ4n) is 2.54. The van der Waals surface area contributed by atoms with Gasteiger partial charge in [0.05, 0.1) is 15.8 Å². The number of carbonyl (C=O) groups is 2. The van der Waals surface area contributed by atoms with Crippen molar-refractivity contribution in [2.45, 2.75) is 13.8 Å². The molecule has 3 aromatic rings. The molecule has 134 valence electrons. The van der Waals surface area contributed by atoms with E-state index in [0.29, 0.717) is 17.4 Å². The van der Waals surface area contributed by atoms with Crippen LogP contribution in [0.3, 0.4) is 0 Å². The summed E-state index contributed by atoms with van der Waals surface area (Å²) in [5.41, 5.74) is 8.16. The van der Waals surface area contributed by atoms with Gasteiger partial charge in [-0.3, -0.25) is 9.69 Å². The second kappa shape index (κ2) is 7.53. The molecular formula is C19H19N3O3S. The second-order valence-electron chi connectivity index (χ2n) is 5.71. The molecule has 0 saturated carbocycles. The first kappa shape index (κ1) is 17.9. The number of carbonyl (C=O) groups excluding carboxylic acids is 2. The first-order valence-electron chi connectivity index (χ1n) is 8.19. The van der Waals surface area contributed by atoms with E-state index in [2.05, 4.69) is 4.98 Å². The average Bonchev–Trinajstić information content (AvgIpc) is 3.06. The van der Waals surface area contributed by atoms with Crippen molar-refractivity contribution in [1.29, 1.82) is 0 Å². The standard InChI is InChI=1S/C19H19N3O3S/c1-3-22(19-21-14-9-4-5-10-15(14)26-19)16(23)11-25-18(24)13-8-6-7-12(2)17(13)20/h4-10H,3,11,20H2,1-2H3. The zero-order chi connectivity index (χ0) is 18.7. The van der Waals surface area contributed by atoms with Crippen molar-refractivity contribution < 1.29 is 14.3 Å². The van der Waals surface area contributed by atoms with Crippen LogP contribution in [0.2, 0.25) is 0 Å². The summed E-state index contributed by atoms with van der Waals surface area (Å²) in [7, 11) is 0. The maximum atomic E-state index is 12.5. The lowest BCUT2D eigenvalue weighted by molar-refractivity contribution is -0.121. The lowest BCUT2D eigenvalue weighted by Gasteiger charge is -2.17. The number of likely N-dealkylation sites (N-methyl/N-ethyl adjacent to an activating group) is 1. The number of benzene rings is 2. The zero-order valence-corrected chi connectivity index (χ0v) is 15.4. The molecule has 0 aliphatic rings. The Balaban J connectivity index is 1.71. The molecule has 0 aliphatic heterocycles. The molecule has 2 N–H and O–H groups in total. The molecule has 6 nitrogen and oxygen atoms in total. The van der Waals surface area contributed by atoms with Crippen LogP contribution in [-0.2, 0) is 9.53 Å². The van der Waals surface area contributed by atoms with Gasteiger partial charge in [0.25, 0.3) is 5.91 Å². The number of fused-ring (bicyclic) bond motifs is 1. The van der Waals surface area contributed by atoms with E-state index in [1.165, 1.54) is 16.2 Å². The van der Waals surface area contributed by atoms with E-state index in [9.17, 15) is 9.59 Å². The molecule has 2 aromatic carbocycles. The smallest absolute Gasteiger partial charge is 0.340 e. The van der Waals surface area contributed by atoms with Gasteiger partial charge < -0.3 is 10.5 Å². The van der Waals surface area contributed by atoms with Crippen molar-refractivity contribution in [2.24, 2.45) is 0 Å². The van der Waals surface area contributed by atoms with Gasteiger partial charge in [0.2, 0.25) is 0 Å². The molecule has 0 fully saturated rings. The van der Waals surface area contributed by atoms with Crippen LogP contribution < -0.4 is 10.6 Å². The van der Waals surface area contributed by atoms with Gasteiger partial charge in [0, 0.05) is 12.2 Å². The van der Waals surface area contributed by atoms with E-state index in [1.54, 1.807) is 12.1 Å². The van der Waals surface area contributed by atoms with Crippen LogP contribution >= 0.6 is 11.3 Å². The molecule has 0 unspecified atom stereocenters. The van der Waals surface area contributed by atoms with Crippen LogP contribution in [-0.4, -0.2) is 30.0 Å². The third kappa shape index (κ3) is 3.52. The Bertz CT molecular complexity index is 935. The molecular weight excluding hydrogens is 350 g/mol. The molecule has 1 aromatic heterocycles. The number of nitrogens with zero attached hydrogens (tertiary/aromatic N) is 2. The Morgan fingerprint density at radius 1 is 1.19 bits per heavy atom. The third-order valence-corrected chi connectivity index (χ3v) is 5.06. The lowest BCUT2D eigenvalue weighted by atomic mass is 10.1. The number of anilines is 2. The van der Waals surface area contributed by atoms with Gasteiger partial charge in [-0.05, 0) is 37.6 Å². The number of aromatic nitrogens is 1. The minimum atomic E-state index is -0.611. The highest BCUT2D eigenvalue weighted by molar-refractivity contribution is 7.22. The minimum Gasteiger partial charge on any atom is -0.452 e. The van der Waals surface area contributed by atoms with Gasteiger partial charge in [0.15, 0.2) is 11.7 Å². The number of esters is 1. The molecule has 0 radical (unpaired) electrons. The zero-order valence-electron chi connectivity index (χ0n) is 14.6. The van der Waals surface area contributed by atoms with E-state index < -0.39 is 5.97 Å². The van der Waals surface area contributed by atoms with E-state index in [4.69, 9.17) is 10.5 Å². The predicted molar refractivity (Wildman–Crippen MR) is 104 cm³/mol. The fourth-order valence-corrected chi connectivity index (χ4v) is 3.58. The van der Waals surface area contributed by atoms with Crippen LogP contribution in [0.5, 0.6) is 0 Å². The number of hydrogen-bond acceptors (Lipinski definition) is 6. The van der Waals surface area contributed by atoms with Crippen LogP contribution in [0.1, 0.15) is 22.8 Å². The van der Waals surface area contributed by atoms with Crippen molar-refractivity contribution in [2.75, 3.05) is 23.8 Å². The SMILES string of the molecule is CCN(C(=O)COC(=O)c1cccc(C)c1N)c1nc2ccccc2s1. The Morgan fingerprint density at radius 2 is 1.96 bits per heavy atom. The number of rotatable bonds is 5. The highest BCUT2D eigenvalue weighted by atomic mass is 32.1. The Hall–Kier alpha value is -2.93. The van der Waals surface area contributed by atoms with Gasteiger partial charge >= 0.3 is 5.97 Å². The fraction of sp³-hybridized carbons (Fsp3) is 0.211. The van der Waals surface area contributed by atoms with Gasteiger partial charge in [0.1, 0.15) is 0 Å². The van der Waals surface area contributed by atoms with Gasteiger partial charge in [-0.1, -0.05) is 35.6 Å². The summed E-state index contributed by atoms with van der Waals surface area (Å²) < 4.78 is 6.17. The summed E-state index contributed by atoms with van der Waals surface area (Å²) in [5.74, 6) is -0.939. The Morgan fingerprint density at radius 3 is 2.69 bits per heavy atom. The van der Waals surface area contributed by atoms with E-state index in [1.807, 2.05) is 44.2 Å². The first-order valence-corrected chi connectivity index (χ1v) is 9.01. The van der Waals surface area contributed by atoms with Crippen LogP contribution in [0.25, 0.3) is 10.2 Å². The second-order valence-corrected chi connectivity index (χ2v) is 6.72. The summed E-state index contributed by atoms with van der Waals surface area (Å²) >= 11 is 1.43. The van der Waals surface area contributed by atoms with Gasteiger partial charge in [-0.2, -0.15) is 0 Å². The Labute approximate surface area is 155 Å². The van der Waals surface area contributed by atoms with Crippen molar-refractivity contribution in [3.63, 3.8) is 0 Å². The molecule has 0 bridgehead atoms. The van der Waals surface area contributed by atoms with Gasteiger partial charge in [-0.15, -0.1) is 0 Å². The number of ether oxygens (including phenoxy) is 1. The van der Waals surface area contributed by atoms with Crippen LogP contribution in [0.15, 0.2) is 42.5 Å². The summed E-state index contributed by atoms with van der Waals surface area (Å²) in [6.45, 7) is 3.73. The molecule has 7 heteroatoms. The number of para-hydroxylation sites is 2. The summed E-state index contributed by atoms with van der Waals surface area (Å²) in [5, 5.41) is 0.588. The minimum absolute atomic E-state index is 0.265. The van der Waals surface area contributed by atoms with Crippen molar-refractivity contribution in [3.05, 3.63) is 53.6 Å². The normalized spacial score (nSPS) is 10.7. The number of thiazole rings is 1. The number of nitrogen functional groups attached to an aromatic ring is 1. The van der Waals surface area contributed by atoms with Crippen LogP contribution in [0.4, 0.5) is 10.8 Å². The number of aryl methyl sites for hydroxylation is 1. The highest BCUT2D eigenvalue weighted by Crippen LogP contribution is 2.28. The largest absolute Gasteiger partial charge is 0.452 e. The van der Waals surface area contributed by atoms with Crippen molar-refractivity contribution >= 4 is 44.2 Å². The lowest BCUT2D eigenvalue weighted by Crippen LogP contribution is -2.34. The average molecular weight is 369 g/mol. The summed E-state index contributed by atoms with van der Waals surface area (Å²) in [6.07, 6.45) is 0. The molecule has 0 spiro atoms. The molecule has 1 heterocycles. The molecule has 0 atom stereocenters. The topological polar surface area (TPSA) is 85.5 Å².